The lowest BCUT2D eigenvalue weighted by molar-refractivity contribution is 0.590. The Bertz CT molecular complexity index is 3390. The Morgan fingerprint density at radius 2 is 1.09 bits per heavy atom. The van der Waals surface area contributed by atoms with Gasteiger partial charge in [-0.15, -0.1) is 22.7 Å². The monoisotopic (exact) mass is 948 g/mol. The molecule has 0 aliphatic carbocycles. The second-order valence-electron chi connectivity index (χ2n) is 20.9. The lowest BCUT2D eigenvalue weighted by atomic mass is 9.84. The van der Waals surface area contributed by atoms with E-state index in [2.05, 4.69) is 177 Å². The van der Waals surface area contributed by atoms with Crippen molar-refractivity contribution < 1.29 is 4.42 Å². The zero-order valence-corrected chi connectivity index (χ0v) is 43.6. The summed E-state index contributed by atoms with van der Waals surface area (Å²) in [6, 6.07) is 45.4. The Morgan fingerprint density at radius 3 is 1.72 bits per heavy atom. The standard InChI is InChI=1S/C62H64N2OS3/c1-9-11-13-17-27-41-36-51(47-33-34-48(56-55(47)63-68-64-56)52-37-43(28-18-14-12-10-2)60(67-52)62(6,7)8)66-59(41)42-29-31-45-46-32-30-44(61(3,4)5)38-50(46)58-54(49(45)35-42)53(39-23-19-15-20-24-39)57(65-58)40-25-21-16-22-26-40/h15-16,19-26,29-38H,9-14,17-18,27-28H2,1-8H3. The average molecular weight is 949 g/mol. The van der Waals surface area contributed by atoms with Gasteiger partial charge in [-0.05, 0) is 105 Å². The summed E-state index contributed by atoms with van der Waals surface area (Å²) in [6.07, 6.45) is 12.1. The van der Waals surface area contributed by atoms with Crippen molar-refractivity contribution in [2.45, 2.75) is 130 Å². The zero-order chi connectivity index (χ0) is 47.2. The molecular formula is C62H64N2OS3. The van der Waals surface area contributed by atoms with Crippen molar-refractivity contribution in [2.24, 2.45) is 0 Å². The van der Waals surface area contributed by atoms with Crippen LogP contribution in [0.1, 0.15) is 128 Å². The van der Waals surface area contributed by atoms with Crippen LogP contribution in [0.5, 0.6) is 0 Å². The van der Waals surface area contributed by atoms with Crippen LogP contribution in [0.25, 0.3) is 97.3 Å². The molecule has 0 aliphatic heterocycles. The van der Waals surface area contributed by atoms with Crippen molar-refractivity contribution >= 4 is 77.9 Å². The van der Waals surface area contributed by atoms with Crippen LogP contribution in [0, 0.1) is 0 Å². The first-order valence-corrected chi connectivity index (χ1v) is 27.4. The highest BCUT2D eigenvalue weighted by atomic mass is 32.1. The van der Waals surface area contributed by atoms with Crippen LogP contribution >= 0.6 is 34.4 Å². The highest BCUT2D eigenvalue weighted by Gasteiger charge is 2.27. The highest BCUT2D eigenvalue weighted by Crippen LogP contribution is 2.50. The number of hydrogen-bond acceptors (Lipinski definition) is 6. The van der Waals surface area contributed by atoms with Gasteiger partial charge in [0, 0.05) is 52.5 Å². The van der Waals surface area contributed by atoms with Gasteiger partial charge in [0.25, 0.3) is 0 Å². The molecule has 10 rings (SSSR count). The summed E-state index contributed by atoms with van der Waals surface area (Å²) in [7, 11) is 0. The van der Waals surface area contributed by atoms with E-state index in [1.54, 1.807) is 0 Å². The van der Waals surface area contributed by atoms with Gasteiger partial charge in [0.2, 0.25) is 0 Å². The van der Waals surface area contributed by atoms with Gasteiger partial charge in [0.1, 0.15) is 22.4 Å². The first kappa shape index (κ1) is 46.3. The van der Waals surface area contributed by atoms with Gasteiger partial charge in [0.05, 0.1) is 11.7 Å². The maximum atomic E-state index is 7.25. The van der Waals surface area contributed by atoms with Gasteiger partial charge in [-0.1, -0.05) is 191 Å². The molecule has 4 heterocycles. The number of benzene rings is 6. The Morgan fingerprint density at radius 1 is 0.500 bits per heavy atom. The number of furan rings is 1. The molecule has 0 N–H and O–H groups in total. The third-order valence-electron chi connectivity index (χ3n) is 13.8. The molecule has 68 heavy (non-hydrogen) atoms. The Labute approximate surface area is 415 Å². The van der Waals surface area contributed by atoms with Gasteiger partial charge >= 0.3 is 0 Å². The third-order valence-corrected chi connectivity index (χ3v) is 17.2. The largest absolute Gasteiger partial charge is 0.455 e. The van der Waals surface area contributed by atoms with Crippen LogP contribution in [0.2, 0.25) is 0 Å². The topological polar surface area (TPSA) is 38.9 Å². The molecule has 3 nitrogen and oxygen atoms in total. The smallest absolute Gasteiger partial charge is 0.143 e. The van der Waals surface area contributed by atoms with E-state index in [1.807, 2.05) is 22.7 Å². The number of rotatable bonds is 15. The van der Waals surface area contributed by atoms with Crippen molar-refractivity contribution in [2.75, 3.05) is 0 Å². The molecule has 0 atom stereocenters. The van der Waals surface area contributed by atoms with Crippen molar-refractivity contribution in [1.82, 2.24) is 8.75 Å². The fourth-order valence-electron chi connectivity index (χ4n) is 10.2. The van der Waals surface area contributed by atoms with E-state index in [-0.39, 0.29) is 10.8 Å². The summed E-state index contributed by atoms with van der Waals surface area (Å²) in [6.45, 7) is 18.5. The SMILES string of the molecule is CCCCCCc1cc(-c2ccc(-c3cc(CCCCCC)c(C(C)(C)C)s3)c3nsnc23)sc1-c1ccc2c3ccc(C(C)(C)C)cc3c3oc(-c4ccccc4)c(-c4ccccc4)c3c2c1. The zero-order valence-electron chi connectivity index (χ0n) is 41.1. The minimum Gasteiger partial charge on any atom is -0.455 e. The molecule has 0 bridgehead atoms. The fourth-order valence-corrected chi connectivity index (χ4v) is 13.3. The van der Waals surface area contributed by atoms with Crippen LogP contribution in [0.3, 0.4) is 0 Å². The maximum absolute atomic E-state index is 7.25. The molecule has 6 heteroatoms. The first-order valence-electron chi connectivity index (χ1n) is 25.0. The third kappa shape index (κ3) is 8.89. The molecule has 0 saturated carbocycles. The van der Waals surface area contributed by atoms with Crippen molar-refractivity contribution in [3.63, 3.8) is 0 Å². The van der Waals surface area contributed by atoms with E-state index in [0.29, 0.717) is 0 Å². The number of unbranched alkanes of at least 4 members (excludes halogenated alkanes) is 6. The Balaban J connectivity index is 1.16. The molecular weight excluding hydrogens is 885 g/mol. The first-order chi connectivity index (χ1) is 32.9. The van der Waals surface area contributed by atoms with Crippen molar-refractivity contribution in [3.05, 3.63) is 143 Å². The fraction of sp³-hybridized carbons (Fsp3) is 0.323. The molecule has 0 aliphatic rings. The molecule has 0 spiro atoms. The van der Waals surface area contributed by atoms with E-state index in [1.165, 1.54) is 131 Å². The van der Waals surface area contributed by atoms with Gasteiger partial charge in [-0.2, -0.15) is 8.75 Å². The molecule has 4 aromatic heterocycles. The number of fused-ring (bicyclic) bond motifs is 7. The summed E-state index contributed by atoms with van der Waals surface area (Å²) in [5, 5.41) is 6.01. The molecule has 0 amide bonds. The summed E-state index contributed by atoms with van der Waals surface area (Å²) >= 11 is 5.21. The Kier molecular flexibility index (Phi) is 13.1. The molecule has 346 valence electrons. The molecule has 10 aromatic rings. The quantitative estimate of drug-likeness (QED) is 0.0759. The van der Waals surface area contributed by atoms with Crippen LogP contribution in [-0.4, -0.2) is 8.75 Å². The second-order valence-corrected chi connectivity index (χ2v) is 23.6. The normalized spacial score (nSPS) is 12.4. The van der Waals surface area contributed by atoms with E-state index in [0.717, 1.165) is 63.7 Å². The molecule has 0 fully saturated rings. The van der Waals surface area contributed by atoms with Crippen LogP contribution in [0.15, 0.2) is 126 Å². The van der Waals surface area contributed by atoms with Gasteiger partial charge in [0.15, 0.2) is 0 Å². The van der Waals surface area contributed by atoms with Gasteiger partial charge < -0.3 is 4.42 Å². The predicted molar refractivity (Wildman–Crippen MR) is 298 cm³/mol. The van der Waals surface area contributed by atoms with Crippen LogP contribution in [0.4, 0.5) is 0 Å². The van der Waals surface area contributed by atoms with E-state index < -0.39 is 0 Å². The Hall–Kier alpha value is -5.40. The van der Waals surface area contributed by atoms with Crippen molar-refractivity contribution in [1.29, 1.82) is 0 Å². The molecule has 0 unspecified atom stereocenters. The van der Waals surface area contributed by atoms with Gasteiger partial charge in [-0.25, -0.2) is 0 Å². The lowest BCUT2D eigenvalue weighted by Gasteiger charge is -2.20. The van der Waals surface area contributed by atoms with Crippen LogP contribution in [-0.2, 0) is 23.7 Å². The molecule has 0 radical (unpaired) electrons. The highest BCUT2D eigenvalue weighted by molar-refractivity contribution is 7.19. The average Bonchev–Trinajstić information content (AvgIpc) is 4.17. The molecule has 6 aromatic carbocycles. The number of hydrogen-bond donors (Lipinski definition) is 0. The minimum absolute atomic E-state index is 0.0157. The summed E-state index contributed by atoms with van der Waals surface area (Å²) < 4.78 is 17.3. The van der Waals surface area contributed by atoms with E-state index in [9.17, 15) is 0 Å². The predicted octanol–water partition coefficient (Wildman–Crippen LogP) is 20.0. The van der Waals surface area contributed by atoms with Crippen molar-refractivity contribution in [3.8, 4) is 53.8 Å². The summed E-state index contributed by atoms with van der Waals surface area (Å²) in [5.74, 6) is 0.909. The number of aryl methyl sites for hydroxylation is 2. The lowest BCUT2D eigenvalue weighted by Crippen LogP contribution is -2.11. The molecule has 0 saturated heterocycles. The van der Waals surface area contributed by atoms with E-state index >= 15 is 0 Å². The summed E-state index contributed by atoms with van der Waals surface area (Å²) in [5.41, 5.74) is 14.3. The number of thiophene rings is 2. The van der Waals surface area contributed by atoms with E-state index in [4.69, 9.17) is 13.2 Å². The minimum atomic E-state index is -0.0157. The maximum Gasteiger partial charge on any atom is 0.143 e. The summed E-state index contributed by atoms with van der Waals surface area (Å²) in [4.78, 5) is 5.40. The number of nitrogens with zero attached hydrogens (tertiary/aromatic N) is 2. The second kappa shape index (κ2) is 19.2. The van der Waals surface area contributed by atoms with Crippen LogP contribution < -0.4 is 0 Å². The number of aromatic nitrogens is 2. The van der Waals surface area contributed by atoms with Gasteiger partial charge in [-0.3, -0.25) is 0 Å².